The minimum Gasteiger partial charge on any atom is -0.481 e. The summed E-state index contributed by atoms with van der Waals surface area (Å²) in [6.45, 7) is 2.49. The Morgan fingerprint density at radius 2 is 1.71 bits per heavy atom. The molecule has 0 aliphatic heterocycles. The quantitative estimate of drug-likeness (QED) is 0.439. The van der Waals surface area contributed by atoms with Crippen LogP contribution >= 0.6 is 11.3 Å². The summed E-state index contributed by atoms with van der Waals surface area (Å²) in [7, 11) is 0. The summed E-state index contributed by atoms with van der Waals surface area (Å²) in [5.74, 6) is -1.57. The van der Waals surface area contributed by atoms with E-state index in [0.29, 0.717) is 23.7 Å². The highest BCUT2D eigenvalue weighted by molar-refractivity contribution is 7.11. The predicted molar refractivity (Wildman–Crippen MR) is 130 cm³/mol. The van der Waals surface area contributed by atoms with Gasteiger partial charge in [-0.25, -0.2) is 9.78 Å². The molecule has 0 unspecified atom stereocenters. The number of aromatic nitrogens is 1. The third-order valence-corrected chi connectivity index (χ3v) is 7.52. The topological polar surface area (TPSA) is 118 Å². The van der Waals surface area contributed by atoms with Gasteiger partial charge in [-0.05, 0) is 41.5 Å². The van der Waals surface area contributed by atoms with Gasteiger partial charge in [-0.3, -0.25) is 9.59 Å². The molecule has 180 valence electrons. The summed E-state index contributed by atoms with van der Waals surface area (Å²) in [6, 6.07) is 16.3. The van der Waals surface area contributed by atoms with Crippen molar-refractivity contribution in [3.63, 3.8) is 0 Å². The Morgan fingerprint density at radius 3 is 2.34 bits per heavy atom. The SMILES string of the molecule is Cc1sc(CNC(=O)OCC2c3ccccc3-c3ccccc32)nc1C(=O)NC[C@H]1C[C@H]1C(=O)O. The average Bonchev–Trinajstić information content (AvgIpc) is 3.45. The molecule has 2 amide bonds. The van der Waals surface area contributed by atoms with Gasteiger partial charge in [0, 0.05) is 17.3 Å². The van der Waals surface area contributed by atoms with Crippen molar-refractivity contribution in [2.24, 2.45) is 11.8 Å². The van der Waals surface area contributed by atoms with Gasteiger partial charge in [-0.15, -0.1) is 11.3 Å². The van der Waals surface area contributed by atoms with E-state index in [0.717, 1.165) is 16.0 Å². The van der Waals surface area contributed by atoms with Crippen molar-refractivity contribution in [3.8, 4) is 11.1 Å². The summed E-state index contributed by atoms with van der Waals surface area (Å²) in [6.07, 6.45) is 0.0419. The van der Waals surface area contributed by atoms with Crippen molar-refractivity contribution < 1.29 is 24.2 Å². The maximum absolute atomic E-state index is 12.5. The number of hydrogen-bond donors (Lipinski definition) is 3. The van der Waals surface area contributed by atoms with E-state index >= 15 is 0 Å². The van der Waals surface area contributed by atoms with E-state index in [1.807, 2.05) is 24.3 Å². The molecule has 1 saturated carbocycles. The number of aryl methyl sites for hydroxylation is 1. The lowest BCUT2D eigenvalue weighted by Crippen LogP contribution is -2.28. The molecule has 0 bridgehead atoms. The zero-order valence-corrected chi connectivity index (χ0v) is 19.9. The number of nitrogens with zero attached hydrogens (tertiary/aromatic N) is 1. The normalized spacial score (nSPS) is 17.9. The number of alkyl carbamates (subject to hydrolysis) is 1. The van der Waals surface area contributed by atoms with Crippen LogP contribution in [0.25, 0.3) is 11.1 Å². The number of aliphatic carboxylic acids is 1. The molecule has 0 radical (unpaired) electrons. The molecule has 2 aliphatic carbocycles. The van der Waals surface area contributed by atoms with Crippen LogP contribution in [0.1, 0.15) is 43.8 Å². The van der Waals surface area contributed by atoms with Crippen LogP contribution in [0.2, 0.25) is 0 Å². The average molecular weight is 492 g/mol. The summed E-state index contributed by atoms with van der Waals surface area (Å²) in [5.41, 5.74) is 4.93. The monoisotopic (exact) mass is 491 g/mol. The van der Waals surface area contributed by atoms with Crippen LogP contribution in [-0.2, 0) is 16.1 Å². The number of rotatable bonds is 8. The molecular formula is C26H25N3O5S. The molecule has 1 heterocycles. The lowest BCUT2D eigenvalue weighted by Gasteiger charge is -2.14. The number of thiazole rings is 1. The number of amides is 2. The van der Waals surface area contributed by atoms with Crippen LogP contribution in [0, 0.1) is 18.8 Å². The van der Waals surface area contributed by atoms with Crippen LogP contribution in [0.3, 0.4) is 0 Å². The van der Waals surface area contributed by atoms with E-state index in [2.05, 4.69) is 39.9 Å². The van der Waals surface area contributed by atoms with Crippen LogP contribution in [0.15, 0.2) is 48.5 Å². The van der Waals surface area contributed by atoms with Crippen molar-refractivity contribution in [2.75, 3.05) is 13.2 Å². The first-order valence-corrected chi connectivity index (χ1v) is 12.3. The Morgan fingerprint density at radius 1 is 1.06 bits per heavy atom. The molecule has 0 saturated heterocycles. The number of ether oxygens (including phenoxy) is 1. The van der Waals surface area contributed by atoms with Gasteiger partial charge in [0.05, 0.1) is 12.5 Å². The number of carboxylic acids is 1. The number of carbonyl (C=O) groups is 3. The van der Waals surface area contributed by atoms with Gasteiger partial charge in [0.1, 0.15) is 17.3 Å². The highest BCUT2D eigenvalue weighted by Crippen LogP contribution is 2.44. The Hall–Kier alpha value is -3.72. The van der Waals surface area contributed by atoms with E-state index in [1.165, 1.54) is 22.5 Å². The van der Waals surface area contributed by atoms with Gasteiger partial charge in [0.15, 0.2) is 0 Å². The molecule has 5 rings (SSSR count). The first-order valence-electron chi connectivity index (χ1n) is 11.5. The largest absolute Gasteiger partial charge is 0.481 e. The smallest absolute Gasteiger partial charge is 0.407 e. The number of nitrogens with one attached hydrogen (secondary N) is 2. The van der Waals surface area contributed by atoms with E-state index in [1.54, 1.807) is 6.92 Å². The molecule has 2 aliphatic rings. The minimum atomic E-state index is -0.823. The van der Waals surface area contributed by atoms with Gasteiger partial charge in [0.25, 0.3) is 5.91 Å². The molecule has 1 fully saturated rings. The van der Waals surface area contributed by atoms with Crippen LogP contribution in [-0.4, -0.2) is 41.2 Å². The molecule has 2 aromatic carbocycles. The lowest BCUT2D eigenvalue weighted by atomic mass is 9.98. The second-order valence-electron chi connectivity index (χ2n) is 8.84. The maximum atomic E-state index is 12.5. The van der Waals surface area contributed by atoms with Crippen LogP contribution in [0.4, 0.5) is 4.79 Å². The number of carboxylic acid groups (broad SMARTS) is 1. The first-order chi connectivity index (χ1) is 16.9. The third kappa shape index (κ3) is 4.77. The van der Waals surface area contributed by atoms with Crippen molar-refractivity contribution in [1.82, 2.24) is 15.6 Å². The summed E-state index contributed by atoms with van der Waals surface area (Å²) in [5, 5.41) is 15.1. The molecular weight excluding hydrogens is 466 g/mol. The molecule has 1 aromatic heterocycles. The fourth-order valence-electron chi connectivity index (χ4n) is 4.62. The van der Waals surface area contributed by atoms with Crippen molar-refractivity contribution in [2.45, 2.75) is 25.8 Å². The molecule has 8 nitrogen and oxygen atoms in total. The van der Waals surface area contributed by atoms with Gasteiger partial charge in [-0.2, -0.15) is 0 Å². The molecule has 0 spiro atoms. The molecule has 3 N–H and O–H groups in total. The summed E-state index contributed by atoms with van der Waals surface area (Å²) in [4.78, 5) is 40.9. The van der Waals surface area contributed by atoms with Gasteiger partial charge in [0.2, 0.25) is 0 Å². The fourth-order valence-corrected chi connectivity index (χ4v) is 5.49. The number of benzene rings is 2. The zero-order valence-electron chi connectivity index (χ0n) is 19.1. The first kappa shape index (κ1) is 23.0. The van der Waals surface area contributed by atoms with Crippen molar-refractivity contribution >= 4 is 29.3 Å². The van der Waals surface area contributed by atoms with Crippen molar-refractivity contribution in [3.05, 3.63) is 75.2 Å². The second-order valence-corrected chi connectivity index (χ2v) is 10.1. The number of carbonyl (C=O) groups excluding carboxylic acids is 2. The summed E-state index contributed by atoms with van der Waals surface area (Å²) >= 11 is 1.33. The third-order valence-electron chi connectivity index (χ3n) is 6.55. The fraction of sp³-hybridized carbons (Fsp3) is 0.308. The second kappa shape index (κ2) is 9.50. The highest BCUT2D eigenvalue weighted by Gasteiger charge is 2.43. The van der Waals surface area contributed by atoms with Gasteiger partial charge in [-0.1, -0.05) is 48.5 Å². The molecule has 3 aromatic rings. The Balaban J connectivity index is 1.13. The van der Waals surface area contributed by atoms with E-state index in [-0.39, 0.29) is 36.8 Å². The minimum absolute atomic E-state index is 0.0160. The highest BCUT2D eigenvalue weighted by atomic mass is 32.1. The van der Waals surface area contributed by atoms with E-state index in [4.69, 9.17) is 9.84 Å². The Kier molecular flexibility index (Phi) is 6.25. The number of fused-ring (bicyclic) bond motifs is 3. The lowest BCUT2D eigenvalue weighted by molar-refractivity contribution is -0.138. The maximum Gasteiger partial charge on any atom is 0.407 e. The van der Waals surface area contributed by atoms with Crippen LogP contribution in [0.5, 0.6) is 0 Å². The Bertz CT molecular complexity index is 1260. The predicted octanol–water partition coefficient (Wildman–Crippen LogP) is 3.94. The standard InChI is InChI=1S/C26H25N3O5S/c1-14-23(24(30)27-11-15-10-20(15)25(31)32)29-22(35-14)12-28-26(33)34-13-21-18-8-4-2-6-16(18)17-7-3-5-9-19(17)21/h2-9,15,20-21H,10-13H2,1H3,(H,27,30)(H,28,33)(H,31,32)/t15-,20-/m1/s1. The van der Waals surface area contributed by atoms with Crippen molar-refractivity contribution in [1.29, 1.82) is 0 Å². The molecule has 2 atom stereocenters. The Labute approximate surface area is 206 Å². The van der Waals surface area contributed by atoms with E-state index < -0.39 is 12.1 Å². The van der Waals surface area contributed by atoms with Gasteiger partial charge < -0.3 is 20.5 Å². The molecule has 9 heteroatoms. The molecule has 35 heavy (non-hydrogen) atoms. The van der Waals surface area contributed by atoms with Gasteiger partial charge >= 0.3 is 12.1 Å². The van der Waals surface area contributed by atoms with E-state index in [9.17, 15) is 14.4 Å². The number of hydrogen-bond acceptors (Lipinski definition) is 6. The zero-order chi connectivity index (χ0) is 24.5. The summed E-state index contributed by atoms with van der Waals surface area (Å²) < 4.78 is 5.55. The van der Waals surface area contributed by atoms with Crippen LogP contribution < -0.4 is 10.6 Å².